The molecule has 0 aliphatic rings. The standard InChI is InChI=1S/C11H10FN3O/c12-9-3-8(4-14-5-9)6-15-7-10(13)1-2-11(15)16/h1-5,7H,6,13H2. The Labute approximate surface area is 91.2 Å². The molecule has 0 radical (unpaired) electrons. The topological polar surface area (TPSA) is 60.9 Å². The van der Waals surface area contributed by atoms with Gasteiger partial charge in [0.05, 0.1) is 12.7 Å². The van der Waals surface area contributed by atoms with Gasteiger partial charge in [0.25, 0.3) is 5.56 Å². The molecule has 2 aromatic rings. The summed E-state index contributed by atoms with van der Waals surface area (Å²) < 4.78 is 14.3. The number of pyridine rings is 2. The molecule has 2 aromatic heterocycles. The van der Waals surface area contributed by atoms with Crippen LogP contribution < -0.4 is 11.3 Å². The van der Waals surface area contributed by atoms with Crippen LogP contribution in [0.25, 0.3) is 0 Å². The molecule has 0 fully saturated rings. The summed E-state index contributed by atoms with van der Waals surface area (Å²) in [5, 5.41) is 0. The van der Waals surface area contributed by atoms with Crippen LogP contribution in [0.4, 0.5) is 10.1 Å². The lowest BCUT2D eigenvalue weighted by Crippen LogP contribution is -2.19. The summed E-state index contributed by atoms with van der Waals surface area (Å²) in [5.41, 5.74) is 6.49. The van der Waals surface area contributed by atoms with Crippen LogP contribution in [0.1, 0.15) is 5.56 Å². The van der Waals surface area contributed by atoms with Gasteiger partial charge in [-0.25, -0.2) is 4.39 Å². The fourth-order valence-electron chi connectivity index (χ4n) is 1.41. The number of anilines is 1. The summed E-state index contributed by atoms with van der Waals surface area (Å²) in [5.74, 6) is -0.422. The van der Waals surface area contributed by atoms with E-state index in [0.29, 0.717) is 11.3 Å². The predicted octanol–water partition coefficient (Wildman–Crippen LogP) is 1.01. The van der Waals surface area contributed by atoms with Gasteiger partial charge in [-0.1, -0.05) is 0 Å². The van der Waals surface area contributed by atoms with Gasteiger partial charge in [-0.05, 0) is 17.7 Å². The van der Waals surface area contributed by atoms with Crippen molar-refractivity contribution in [2.45, 2.75) is 6.54 Å². The van der Waals surface area contributed by atoms with Crippen LogP contribution in [0.5, 0.6) is 0 Å². The third-order valence-corrected chi connectivity index (χ3v) is 2.12. The Kier molecular flexibility index (Phi) is 2.68. The molecule has 0 saturated heterocycles. The van der Waals surface area contributed by atoms with Crippen molar-refractivity contribution in [2.24, 2.45) is 0 Å². The largest absolute Gasteiger partial charge is 0.398 e. The summed E-state index contributed by atoms with van der Waals surface area (Å²) in [6.45, 7) is 0.259. The molecule has 0 bridgehead atoms. The van der Waals surface area contributed by atoms with Crippen LogP contribution in [0.2, 0.25) is 0 Å². The molecule has 2 rings (SSSR count). The molecular formula is C11H10FN3O. The summed E-state index contributed by atoms with van der Waals surface area (Å²) in [6, 6.07) is 4.24. The van der Waals surface area contributed by atoms with E-state index in [1.807, 2.05) is 0 Å². The molecule has 2 N–H and O–H groups in total. The summed E-state index contributed by atoms with van der Waals surface area (Å²) in [4.78, 5) is 15.2. The molecule has 82 valence electrons. The number of nitrogen functional groups attached to an aromatic ring is 1. The summed E-state index contributed by atoms with van der Waals surface area (Å²) >= 11 is 0. The average molecular weight is 219 g/mol. The SMILES string of the molecule is Nc1ccc(=O)n(Cc2cncc(F)c2)c1. The number of nitrogens with two attached hydrogens (primary N) is 1. The molecule has 0 aliphatic carbocycles. The van der Waals surface area contributed by atoms with Crippen LogP contribution in [-0.2, 0) is 6.54 Å². The van der Waals surface area contributed by atoms with Gasteiger partial charge in [0, 0.05) is 24.1 Å². The van der Waals surface area contributed by atoms with E-state index in [4.69, 9.17) is 5.73 Å². The Balaban J connectivity index is 2.34. The fourth-order valence-corrected chi connectivity index (χ4v) is 1.41. The van der Waals surface area contributed by atoms with Gasteiger partial charge in [0.1, 0.15) is 5.82 Å². The molecular weight excluding hydrogens is 209 g/mol. The van der Waals surface area contributed by atoms with Crippen LogP contribution in [-0.4, -0.2) is 9.55 Å². The monoisotopic (exact) mass is 219 g/mol. The minimum Gasteiger partial charge on any atom is -0.398 e. The Morgan fingerprint density at radius 3 is 2.94 bits per heavy atom. The zero-order chi connectivity index (χ0) is 11.5. The van der Waals surface area contributed by atoms with Gasteiger partial charge >= 0.3 is 0 Å². The minimum atomic E-state index is -0.422. The number of halogens is 1. The van der Waals surface area contributed by atoms with E-state index >= 15 is 0 Å². The smallest absolute Gasteiger partial charge is 0.250 e. The van der Waals surface area contributed by atoms with E-state index in [2.05, 4.69) is 4.98 Å². The van der Waals surface area contributed by atoms with E-state index < -0.39 is 5.82 Å². The molecule has 0 amide bonds. The first-order valence-corrected chi connectivity index (χ1v) is 4.70. The molecule has 0 aliphatic heterocycles. The van der Waals surface area contributed by atoms with Crippen molar-refractivity contribution in [3.63, 3.8) is 0 Å². The molecule has 2 heterocycles. The van der Waals surface area contributed by atoms with Crippen molar-refractivity contribution in [1.82, 2.24) is 9.55 Å². The van der Waals surface area contributed by atoms with Gasteiger partial charge in [-0.2, -0.15) is 0 Å². The van der Waals surface area contributed by atoms with Gasteiger partial charge in [-0.15, -0.1) is 0 Å². The molecule has 16 heavy (non-hydrogen) atoms. The molecule has 4 nitrogen and oxygen atoms in total. The molecule has 0 aromatic carbocycles. The number of nitrogens with zero attached hydrogens (tertiary/aromatic N) is 2. The van der Waals surface area contributed by atoms with Crippen LogP contribution in [0.3, 0.4) is 0 Å². The van der Waals surface area contributed by atoms with Crippen molar-refractivity contribution < 1.29 is 4.39 Å². The quantitative estimate of drug-likeness (QED) is 0.820. The molecule has 0 unspecified atom stereocenters. The highest BCUT2D eigenvalue weighted by Gasteiger charge is 2.00. The van der Waals surface area contributed by atoms with Crippen molar-refractivity contribution in [1.29, 1.82) is 0 Å². The maximum absolute atomic E-state index is 12.9. The predicted molar refractivity (Wildman–Crippen MR) is 58.4 cm³/mol. The lowest BCUT2D eigenvalue weighted by atomic mass is 10.2. The van der Waals surface area contributed by atoms with Crippen molar-refractivity contribution in [2.75, 3.05) is 5.73 Å². The second kappa shape index (κ2) is 4.14. The highest BCUT2D eigenvalue weighted by atomic mass is 19.1. The maximum atomic E-state index is 12.9. The van der Waals surface area contributed by atoms with Crippen LogP contribution in [0.15, 0.2) is 41.6 Å². The number of hydrogen-bond acceptors (Lipinski definition) is 3. The summed E-state index contributed by atoms with van der Waals surface area (Å²) in [6.07, 6.45) is 4.15. The molecule has 0 spiro atoms. The van der Waals surface area contributed by atoms with E-state index in [0.717, 1.165) is 6.20 Å². The molecule has 5 heteroatoms. The van der Waals surface area contributed by atoms with E-state index in [-0.39, 0.29) is 12.1 Å². The van der Waals surface area contributed by atoms with Crippen molar-refractivity contribution in [3.8, 4) is 0 Å². The first kappa shape index (κ1) is 10.4. The Morgan fingerprint density at radius 2 is 2.19 bits per heavy atom. The zero-order valence-corrected chi connectivity index (χ0v) is 8.43. The van der Waals surface area contributed by atoms with Crippen molar-refractivity contribution >= 4 is 5.69 Å². The third kappa shape index (κ3) is 2.25. The Morgan fingerprint density at radius 1 is 1.38 bits per heavy atom. The van der Waals surface area contributed by atoms with E-state index in [1.54, 1.807) is 0 Å². The summed E-state index contributed by atoms with van der Waals surface area (Å²) in [7, 11) is 0. The highest BCUT2D eigenvalue weighted by Crippen LogP contribution is 2.04. The van der Waals surface area contributed by atoms with Crippen LogP contribution >= 0.6 is 0 Å². The lowest BCUT2D eigenvalue weighted by Gasteiger charge is -2.05. The lowest BCUT2D eigenvalue weighted by molar-refractivity contribution is 0.615. The second-order valence-electron chi connectivity index (χ2n) is 3.44. The number of aromatic nitrogens is 2. The fraction of sp³-hybridized carbons (Fsp3) is 0.0909. The van der Waals surface area contributed by atoms with Crippen LogP contribution in [0, 0.1) is 5.82 Å². The molecule has 0 saturated carbocycles. The van der Waals surface area contributed by atoms with Gasteiger partial charge < -0.3 is 10.3 Å². The molecule has 0 atom stereocenters. The normalized spacial score (nSPS) is 10.3. The first-order valence-electron chi connectivity index (χ1n) is 4.70. The number of hydrogen-bond donors (Lipinski definition) is 1. The Bertz CT molecular complexity index is 565. The van der Waals surface area contributed by atoms with Gasteiger partial charge in [-0.3, -0.25) is 9.78 Å². The second-order valence-corrected chi connectivity index (χ2v) is 3.44. The maximum Gasteiger partial charge on any atom is 0.250 e. The number of rotatable bonds is 2. The minimum absolute atomic E-state index is 0.182. The van der Waals surface area contributed by atoms with E-state index in [1.165, 1.54) is 35.2 Å². The van der Waals surface area contributed by atoms with Gasteiger partial charge in [0.15, 0.2) is 0 Å². The third-order valence-electron chi connectivity index (χ3n) is 2.12. The van der Waals surface area contributed by atoms with Crippen molar-refractivity contribution in [3.05, 3.63) is 58.5 Å². The van der Waals surface area contributed by atoms with E-state index in [9.17, 15) is 9.18 Å². The highest BCUT2D eigenvalue weighted by molar-refractivity contribution is 5.33. The Hall–Kier alpha value is -2.17. The van der Waals surface area contributed by atoms with Gasteiger partial charge in [0.2, 0.25) is 0 Å². The zero-order valence-electron chi connectivity index (χ0n) is 8.43. The average Bonchev–Trinajstić information content (AvgIpc) is 2.24. The first-order chi connectivity index (χ1) is 7.65.